The van der Waals surface area contributed by atoms with E-state index in [1.807, 2.05) is 0 Å². The van der Waals surface area contributed by atoms with E-state index >= 15 is 0 Å². The number of rotatable bonds is 11. The number of carbonyl (C=O) groups excluding carboxylic acids is 4. The number of hydrogen-bond acceptors (Lipinski definition) is 7. The predicted octanol–water partition coefficient (Wildman–Crippen LogP) is -1.88. The molecule has 1 aliphatic rings. The number of phenols is 1. The Morgan fingerprint density at radius 2 is 1.70 bits per heavy atom. The number of amides is 4. The first-order valence-corrected chi connectivity index (χ1v) is 10.5. The van der Waals surface area contributed by atoms with Gasteiger partial charge in [0.25, 0.3) is 0 Å². The zero-order chi connectivity index (χ0) is 24.5. The van der Waals surface area contributed by atoms with Crippen molar-refractivity contribution in [3.05, 3.63) is 29.8 Å². The molecule has 0 spiro atoms. The van der Waals surface area contributed by atoms with Gasteiger partial charge in [-0.15, -0.1) is 0 Å². The second kappa shape index (κ2) is 11.8. The fourth-order valence-corrected chi connectivity index (χ4v) is 3.32. The minimum absolute atomic E-state index is 0.0321. The number of carboxylic acids is 1. The maximum atomic E-state index is 13.0. The highest BCUT2D eigenvalue weighted by Gasteiger charge is 2.31. The molecule has 180 valence electrons. The Hall–Kier alpha value is -3.67. The number of nitrogens with one attached hydrogen (secondary N) is 4. The van der Waals surface area contributed by atoms with Crippen molar-refractivity contribution in [1.82, 2.24) is 21.3 Å². The van der Waals surface area contributed by atoms with Crippen molar-refractivity contribution in [2.24, 2.45) is 5.73 Å². The fraction of sp³-hybridized carbons (Fsp3) is 0.476. The molecule has 0 aromatic heterocycles. The van der Waals surface area contributed by atoms with Gasteiger partial charge in [0.1, 0.15) is 23.9 Å². The largest absolute Gasteiger partial charge is 0.508 e. The van der Waals surface area contributed by atoms with Crippen molar-refractivity contribution in [1.29, 1.82) is 0 Å². The van der Waals surface area contributed by atoms with Crippen molar-refractivity contribution < 1.29 is 34.2 Å². The van der Waals surface area contributed by atoms with Crippen LogP contribution >= 0.6 is 0 Å². The van der Waals surface area contributed by atoms with Gasteiger partial charge in [-0.2, -0.15) is 0 Å². The quantitative estimate of drug-likeness (QED) is 0.198. The van der Waals surface area contributed by atoms with Crippen molar-refractivity contribution in [3.8, 4) is 5.75 Å². The molecule has 8 N–H and O–H groups in total. The highest BCUT2D eigenvalue weighted by molar-refractivity contribution is 5.96. The number of carboxylic acid groups (broad SMARTS) is 1. The molecular formula is C21H29N5O7. The molecule has 1 saturated heterocycles. The number of nitrogens with two attached hydrogens (primary N) is 1. The topological polar surface area (TPSA) is 200 Å². The van der Waals surface area contributed by atoms with E-state index in [4.69, 9.17) is 10.8 Å². The molecule has 4 amide bonds. The maximum absolute atomic E-state index is 13.0. The minimum Gasteiger partial charge on any atom is -0.508 e. The van der Waals surface area contributed by atoms with Crippen LogP contribution in [0.25, 0.3) is 0 Å². The Bertz CT molecular complexity index is 883. The molecular weight excluding hydrogens is 434 g/mol. The average molecular weight is 463 g/mol. The van der Waals surface area contributed by atoms with Crippen LogP contribution in [0, 0.1) is 0 Å². The van der Waals surface area contributed by atoms with Crippen molar-refractivity contribution >= 4 is 29.6 Å². The Morgan fingerprint density at radius 3 is 2.24 bits per heavy atom. The second-order valence-electron chi connectivity index (χ2n) is 7.88. The van der Waals surface area contributed by atoms with E-state index in [9.17, 15) is 29.1 Å². The van der Waals surface area contributed by atoms with Crippen LogP contribution in [0.15, 0.2) is 24.3 Å². The summed E-state index contributed by atoms with van der Waals surface area (Å²) in [6, 6.07) is 1.77. The van der Waals surface area contributed by atoms with Gasteiger partial charge in [0.05, 0.1) is 12.5 Å². The molecule has 1 heterocycles. The smallest absolute Gasteiger partial charge is 0.325 e. The van der Waals surface area contributed by atoms with Gasteiger partial charge >= 0.3 is 5.97 Å². The van der Waals surface area contributed by atoms with Crippen LogP contribution in [0.2, 0.25) is 0 Å². The summed E-state index contributed by atoms with van der Waals surface area (Å²) in [4.78, 5) is 60.6. The molecule has 0 saturated carbocycles. The number of benzene rings is 1. The van der Waals surface area contributed by atoms with Crippen LogP contribution in [-0.2, 0) is 30.4 Å². The third kappa shape index (κ3) is 8.07. The van der Waals surface area contributed by atoms with E-state index in [2.05, 4.69) is 21.3 Å². The Labute approximate surface area is 190 Å². The lowest BCUT2D eigenvalue weighted by Gasteiger charge is -2.24. The summed E-state index contributed by atoms with van der Waals surface area (Å²) in [7, 11) is 0. The minimum atomic E-state index is -1.43. The molecule has 33 heavy (non-hydrogen) atoms. The second-order valence-corrected chi connectivity index (χ2v) is 7.88. The highest BCUT2D eigenvalue weighted by atomic mass is 16.4. The summed E-state index contributed by atoms with van der Waals surface area (Å²) in [5.41, 5.74) is 5.81. The standard InChI is InChI=1S/C21H29N5O7/c1-11(21(32)33)24-19(30)16(10-17(22)28)26-20(31)15(9-12-4-6-13(27)7-5-12)25-18(29)14-3-2-8-23-14/h4-7,11,14-16,23,27H,2-3,8-10H2,1H3,(H2,22,28)(H,24,30)(H,25,29)(H,26,31)(H,32,33). The summed E-state index contributed by atoms with van der Waals surface area (Å²) in [6.07, 6.45) is 0.906. The first-order chi connectivity index (χ1) is 15.6. The Balaban J connectivity index is 2.18. The molecule has 12 heteroatoms. The summed E-state index contributed by atoms with van der Waals surface area (Å²) < 4.78 is 0. The van der Waals surface area contributed by atoms with Crippen LogP contribution in [0.4, 0.5) is 0 Å². The number of hydrogen-bond donors (Lipinski definition) is 7. The summed E-state index contributed by atoms with van der Waals surface area (Å²) in [5, 5.41) is 28.7. The van der Waals surface area contributed by atoms with E-state index in [1.165, 1.54) is 19.1 Å². The van der Waals surface area contributed by atoms with Crippen LogP contribution in [0.3, 0.4) is 0 Å². The van der Waals surface area contributed by atoms with Gasteiger partial charge < -0.3 is 37.2 Å². The van der Waals surface area contributed by atoms with E-state index < -0.39 is 54.3 Å². The van der Waals surface area contributed by atoms with Crippen molar-refractivity contribution in [2.45, 2.75) is 56.8 Å². The summed E-state index contributed by atoms with van der Waals surface area (Å²) >= 11 is 0. The van der Waals surface area contributed by atoms with Crippen molar-refractivity contribution in [3.63, 3.8) is 0 Å². The Morgan fingerprint density at radius 1 is 1.06 bits per heavy atom. The van der Waals surface area contributed by atoms with Crippen molar-refractivity contribution in [2.75, 3.05) is 6.54 Å². The number of aromatic hydroxyl groups is 1. The lowest BCUT2D eigenvalue weighted by atomic mass is 10.0. The molecule has 1 aromatic carbocycles. The number of aliphatic carboxylic acids is 1. The van der Waals surface area contributed by atoms with E-state index in [0.717, 1.165) is 6.42 Å². The van der Waals surface area contributed by atoms with E-state index in [0.29, 0.717) is 18.5 Å². The average Bonchev–Trinajstić information content (AvgIpc) is 3.28. The number of primary amides is 1. The van der Waals surface area contributed by atoms with E-state index in [1.54, 1.807) is 12.1 Å². The molecule has 0 bridgehead atoms. The highest BCUT2D eigenvalue weighted by Crippen LogP contribution is 2.13. The molecule has 1 aromatic rings. The normalized spacial score (nSPS) is 17.9. The molecule has 12 nitrogen and oxygen atoms in total. The van der Waals surface area contributed by atoms with E-state index in [-0.39, 0.29) is 18.1 Å². The molecule has 0 aliphatic carbocycles. The molecule has 4 unspecified atom stereocenters. The first kappa shape index (κ1) is 25.6. The van der Waals surface area contributed by atoms with Gasteiger partial charge in [-0.3, -0.25) is 24.0 Å². The molecule has 1 aliphatic heterocycles. The lowest BCUT2D eigenvalue weighted by molar-refractivity contribution is -0.142. The monoisotopic (exact) mass is 463 g/mol. The third-order valence-corrected chi connectivity index (χ3v) is 5.15. The fourth-order valence-electron chi connectivity index (χ4n) is 3.32. The molecule has 0 radical (unpaired) electrons. The Kier molecular flexibility index (Phi) is 9.16. The van der Waals surface area contributed by atoms with Gasteiger partial charge in [0.2, 0.25) is 23.6 Å². The third-order valence-electron chi connectivity index (χ3n) is 5.15. The number of phenolic OH excluding ortho intramolecular Hbond substituents is 1. The summed E-state index contributed by atoms with van der Waals surface area (Å²) in [5.74, 6) is -4.18. The first-order valence-electron chi connectivity index (χ1n) is 10.5. The maximum Gasteiger partial charge on any atom is 0.325 e. The van der Waals surface area contributed by atoms with Crippen LogP contribution < -0.4 is 27.0 Å². The summed E-state index contributed by atoms with van der Waals surface area (Å²) in [6.45, 7) is 1.90. The van der Waals surface area contributed by atoms with Gasteiger partial charge in [-0.25, -0.2) is 0 Å². The molecule has 4 atom stereocenters. The van der Waals surface area contributed by atoms with Gasteiger partial charge in [-0.1, -0.05) is 12.1 Å². The van der Waals surface area contributed by atoms with Crippen LogP contribution in [0.5, 0.6) is 5.75 Å². The van der Waals surface area contributed by atoms with Gasteiger partial charge in [0.15, 0.2) is 0 Å². The zero-order valence-electron chi connectivity index (χ0n) is 18.2. The van der Waals surface area contributed by atoms with Gasteiger partial charge in [0, 0.05) is 6.42 Å². The van der Waals surface area contributed by atoms with Crippen LogP contribution in [0.1, 0.15) is 31.7 Å². The van der Waals surface area contributed by atoms with Crippen LogP contribution in [-0.4, -0.2) is 70.5 Å². The molecule has 2 rings (SSSR count). The SMILES string of the molecule is CC(NC(=O)C(CC(N)=O)NC(=O)C(Cc1ccc(O)cc1)NC(=O)C1CCCN1)C(=O)O. The lowest BCUT2D eigenvalue weighted by Crippen LogP contribution is -2.58. The predicted molar refractivity (Wildman–Crippen MR) is 116 cm³/mol. The molecule has 1 fully saturated rings. The van der Waals surface area contributed by atoms with Gasteiger partial charge in [-0.05, 0) is 44.0 Å². The zero-order valence-corrected chi connectivity index (χ0v) is 18.2. The number of carbonyl (C=O) groups is 5.